The van der Waals surface area contributed by atoms with E-state index in [-0.39, 0.29) is 30.9 Å². The molecule has 1 fully saturated rings. The van der Waals surface area contributed by atoms with Crippen molar-refractivity contribution in [3.05, 3.63) is 99.6 Å². The van der Waals surface area contributed by atoms with E-state index in [1.807, 2.05) is 24.3 Å². The molecule has 4 rings (SSSR count). The van der Waals surface area contributed by atoms with E-state index in [4.69, 9.17) is 9.84 Å². The maximum absolute atomic E-state index is 13.4. The zero-order chi connectivity index (χ0) is 28.5. The minimum absolute atomic E-state index is 0.0119. The fourth-order valence-electron chi connectivity index (χ4n) is 4.80. The van der Waals surface area contributed by atoms with Crippen LogP contribution in [0, 0.1) is 10.1 Å². The molecule has 1 aliphatic carbocycles. The summed E-state index contributed by atoms with van der Waals surface area (Å²) < 4.78 is 5.50. The number of carboxylic acid groups (broad SMARTS) is 1. The molecule has 1 aliphatic rings. The molecule has 40 heavy (non-hydrogen) atoms. The van der Waals surface area contributed by atoms with Crippen LogP contribution in [0.1, 0.15) is 65.9 Å². The van der Waals surface area contributed by atoms with Gasteiger partial charge in [0.15, 0.2) is 0 Å². The Bertz CT molecular complexity index is 1350. The number of anilines is 1. The number of nitrogens with one attached hydrogen (secondary N) is 1. The van der Waals surface area contributed by atoms with Crippen molar-refractivity contribution in [1.82, 2.24) is 5.32 Å². The zero-order valence-electron chi connectivity index (χ0n) is 22.0. The van der Waals surface area contributed by atoms with E-state index in [0.717, 1.165) is 12.8 Å². The third-order valence-corrected chi connectivity index (χ3v) is 6.94. The number of nitro benzene ring substituents is 1. The average Bonchev–Trinajstić information content (AvgIpc) is 2.96. The van der Waals surface area contributed by atoms with Crippen molar-refractivity contribution < 1.29 is 29.2 Å². The molecule has 3 aromatic carbocycles. The summed E-state index contributed by atoms with van der Waals surface area (Å²) in [6.45, 7) is 0.0984. The van der Waals surface area contributed by atoms with E-state index in [9.17, 15) is 24.5 Å². The fraction of sp³-hybridized carbons (Fsp3) is 0.300. The van der Waals surface area contributed by atoms with Crippen LogP contribution in [0.25, 0.3) is 0 Å². The van der Waals surface area contributed by atoms with Gasteiger partial charge in [0.25, 0.3) is 5.91 Å². The summed E-state index contributed by atoms with van der Waals surface area (Å²) in [4.78, 5) is 48.6. The van der Waals surface area contributed by atoms with Crippen molar-refractivity contribution >= 4 is 29.3 Å². The van der Waals surface area contributed by atoms with Crippen LogP contribution in [0.2, 0.25) is 0 Å². The largest absolute Gasteiger partial charge is 0.481 e. The quantitative estimate of drug-likeness (QED) is 0.233. The third kappa shape index (κ3) is 7.43. The Hall–Kier alpha value is -4.73. The summed E-state index contributed by atoms with van der Waals surface area (Å²) in [7, 11) is 0. The van der Waals surface area contributed by atoms with Gasteiger partial charge in [-0.1, -0.05) is 55.7 Å². The van der Waals surface area contributed by atoms with E-state index in [2.05, 4.69) is 5.32 Å². The number of nitrogens with zero attached hydrogens (tertiary/aromatic N) is 2. The first-order chi connectivity index (χ1) is 19.3. The Labute approximate surface area is 231 Å². The van der Waals surface area contributed by atoms with Gasteiger partial charge in [0, 0.05) is 23.9 Å². The van der Waals surface area contributed by atoms with Gasteiger partial charge >= 0.3 is 17.7 Å². The van der Waals surface area contributed by atoms with Crippen LogP contribution in [-0.2, 0) is 11.3 Å². The van der Waals surface area contributed by atoms with Gasteiger partial charge in [0.2, 0.25) is 5.75 Å². The molecular weight excluding hydrogens is 514 g/mol. The van der Waals surface area contributed by atoms with Crippen LogP contribution >= 0.6 is 0 Å². The van der Waals surface area contributed by atoms with Gasteiger partial charge in [-0.25, -0.2) is 4.79 Å². The predicted octanol–water partition coefficient (Wildman–Crippen LogP) is 6.05. The Balaban J connectivity index is 1.55. The van der Waals surface area contributed by atoms with Crippen LogP contribution in [0.3, 0.4) is 0 Å². The summed E-state index contributed by atoms with van der Waals surface area (Å²) in [6.07, 6.45) is 4.97. The number of aliphatic carboxylic acids is 1. The summed E-state index contributed by atoms with van der Waals surface area (Å²) in [5.74, 6) is -1.08. The molecular formula is C30H31N3O7. The topological polar surface area (TPSA) is 139 Å². The van der Waals surface area contributed by atoms with Crippen molar-refractivity contribution in [2.45, 2.75) is 51.0 Å². The number of rotatable bonds is 10. The zero-order valence-corrected chi connectivity index (χ0v) is 22.0. The average molecular weight is 546 g/mol. The molecule has 2 amide bonds. The highest BCUT2D eigenvalue weighted by molar-refractivity contribution is 5.94. The lowest BCUT2D eigenvalue weighted by atomic mass is 9.84. The number of carbonyl (C=O) groups excluding carboxylic acids is 2. The number of hydrogen-bond acceptors (Lipinski definition) is 6. The van der Waals surface area contributed by atoms with Crippen molar-refractivity contribution in [3.63, 3.8) is 0 Å². The Kier molecular flexibility index (Phi) is 9.45. The van der Waals surface area contributed by atoms with Crippen LogP contribution in [0.4, 0.5) is 16.2 Å². The summed E-state index contributed by atoms with van der Waals surface area (Å²) in [5, 5.41) is 22.7. The van der Waals surface area contributed by atoms with Crippen LogP contribution < -0.4 is 15.0 Å². The van der Waals surface area contributed by atoms with Crippen molar-refractivity contribution in [3.8, 4) is 5.75 Å². The summed E-state index contributed by atoms with van der Waals surface area (Å²) in [5.41, 5.74) is 2.51. The highest BCUT2D eigenvalue weighted by atomic mass is 16.6. The standard InChI is InChI=1S/C30H31N3O7/c34-28(35)18-19-31-29(36)24-12-10-21(11-13-24)20-32(30(37)40-27-9-5-4-8-26(27)33(38)39)25-16-14-23(15-17-25)22-6-2-1-3-7-22/h4-5,8-17,22H,1-3,6-7,18-20H2,(H,31,36)(H,34,35). The summed E-state index contributed by atoms with van der Waals surface area (Å²) >= 11 is 0. The van der Waals surface area contributed by atoms with Gasteiger partial charge in [-0.05, 0) is 60.2 Å². The minimum Gasteiger partial charge on any atom is -0.481 e. The molecule has 0 aromatic heterocycles. The Morgan fingerprint density at radius 2 is 1.62 bits per heavy atom. The monoisotopic (exact) mass is 545 g/mol. The lowest BCUT2D eigenvalue weighted by Crippen LogP contribution is -2.33. The number of carbonyl (C=O) groups is 3. The molecule has 0 heterocycles. The molecule has 0 unspecified atom stereocenters. The molecule has 10 nitrogen and oxygen atoms in total. The van der Waals surface area contributed by atoms with Gasteiger partial charge in [-0.15, -0.1) is 0 Å². The smallest absolute Gasteiger partial charge is 0.420 e. The fourth-order valence-corrected chi connectivity index (χ4v) is 4.80. The Morgan fingerprint density at radius 1 is 0.950 bits per heavy atom. The highest BCUT2D eigenvalue weighted by Crippen LogP contribution is 2.34. The molecule has 0 radical (unpaired) electrons. The normalized spacial score (nSPS) is 13.3. The van der Waals surface area contributed by atoms with Gasteiger partial charge in [0.05, 0.1) is 17.9 Å². The SMILES string of the molecule is O=C(O)CCNC(=O)c1ccc(CN(C(=O)Oc2ccccc2[N+](=O)[O-])c2ccc(C3CCCCC3)cc2)cc1. The van der Waals surface area contributed by atoms with Crippen LogP contribution in [0.15, 0.2) is 72.8 Å². The van der Waals surface area contributed by atoms with Crippen LogP contribution in [-0.4, -0.2) is 34.5 Å². The number of amides is 2. The first-order valence-electron chi connectivity index (χ1n) is 13.2. The molecule has 0 spiro atoms. The molecule has 1 saturated carbocycles. The molecule has 208 valence electrons. The van der Waals surface area contributed by atoms with E-state index in [1.54, 1.807) is 30.3 Å². The second kappa shape index (κ2) is 13.4. The van der Waals surface area contributed by atoms with E-state index in [1.165, 1.54) is 47.9 Å². The van der Waals surface area contributed by atoms with E-state index in [0.29, 0.717) is 22.7 Å². The number of para-hydroxylation sites is 2. The minimum atomic E-state index is -1.00. The van der Waals surface area contributed by atoms with E-state index < -0.39 is 22.9 Å². The van der Waals surface area contributed by atoms with Crippen LogP contribution in [0.5, 0.6) is 5.75 Å². The highest BCUT2D eigenvalue weighted by Gasteiger charge is 2.24. The molecule has 3 aromatic rings. The number of ether oxygens (including phenoxy) is 1. The predicted molar refractivity (Wildman–Crippen MR) is 149 cm³/mol. The second-order valence-electron chi connectivity index (χ2n) is 9.70. The number of carboxylic acids is 1. The lowest BCUT2D eigenvalue weighted by molar-refractivity contribution is -0.385. The van der Waals surface area contributed by atoms with Crippen molar-refractivity contribution in [2.24, 2.45) is 0 Å². The van der Waals surface area contributed by atoms with Crippen molar-refractivity contribution in [1.29, 1.82) is 0 Å². The molecule has 0 aliphatic heterocycles. The van der Waals surface area contributed by atoms with Gasteiger partial charge in [-0.3, -0.25) is 24.6 Å². The number of nitro groups is 1. The lowest BCUT2D eigenvalue weighted by Gasteiger charge is -2.25. The second-order valence-corrected chi connectivity index (χ2v) is 9.70. The van der Waals surface area contributed by atoms with Gasteiger partial charge in [0.1, 0.15) is 0 Å². The molecule has 10 heteroatoms. The van der Waals surface area contributed by atoms with Crippen molar-refractivity contribution in [2.75, 3.05) is 11.4 Å². The number of benzene rings is 3. The molecule has 0 bridgehead atoms. The van der Waals surface area contributed by atoms with Gasteiger partial charge < -0.3 is 15.2 Å². The summed E-state index contributed by atoms with van der Waals surface area (Å²) in [6, 6.07) is 20.0. The maximum Gasteiger partial charge on any atom is 0.420 e. The van der Waals surface area contributed by atoms with E-state index >= 15 is 0 Å². The Morgan fingerprint density at radius 3 is 2.27 bits per heavy atom. The molecule has 2 N–H and O–H groups in total. The third-order valence-electron chi connectivity index (χ3n) is 6.94. The number of hydrogen-bond donors (Lipinski definition) is 2. The maximum atomic E-state index is 13.4. The molecule has 0 atom stereocenters. The first kappa shape index (κ1) is 28.3. The van der Waals surface area contributed by atoms with Gasteiger partial charge in [-0.2, -0.15) is 0 Å². The first-order valence-corrected chi connectivity index (χ1v) is 13.2. The molecule has 0 saturated heterocycles.